The lowest BCUT2D eigenvalue weighted by molar-refractivity contribution is 0.440. The van der Waals surface area contributed by atoms with Crippen LogP contribution < -0.4 is 0 Å². The fourth-order valence-electron chi connectivity index (χ4n) is 2.26. The molecule has 0 unspecified atom stereocenters. The van der Waals surface area contributed by atoms with Crippen LogP contribution in [0, 0.1) is 0 Å². The molecule has 17 heavy (non-hydrogen) atoms. The van der Waals surface area contributed by atoms with Crippen LogP contribution in [0.25, 0.3) is 0 Å². The highest BCUT2D eigenvalue weighted by atomic mass is 16.3. The summed E-state index contributed by atoms with van der Waals surface area (Å²) >= 11 is 0. The lowest BCUT2D eigenvalue weighted by Crippen LogP contribution is -2.17. The van der Waals surface area contributed by atoms with Gasteiger partial charge in [-0.3, -0.25) is 0 Å². The number of benzene rings is 1. The third-order valence-electron chi connectivity index (χ3n) is 3.20. The van der Waals surface area contributed by atoms with Crippen LogP contribution in [0.5, 0.6) is 5.75 Å². The molecule has 0 atom stereocenters. The van der Waals surface area contributed by atoms with Gasteiger partial charge >= 0.3 is 0 Å². The first-order chi connectivity index (χ1) is 7.57. The van der Waals surface area contributed by atoms with Gasteiger partial charge in [-0.25, -0.2) is 0 Å². The second-order valence-corrected chi connectivity index (χ2v) is 6.88. The first-order valence-electron chi connectivity index (χ1n) is 6.44. The molecule has 96 valence electrons. The van der Waals surface area contributed by atoms with Crippen LogP contribution in [0.2, 0.25) is 0 Å². The summed E-state index contributed by atoms with van der Waals surface area (Å²) in [7, 11) is 0. The van der Waals surface area contributed by atoms with E-state index in [4.69, 9.17) is 0 Å². The van der Waals surface area contributed by atoms with E-state index in [1.807, 2.05) is 6.07 Å². The van der Waals surface area contributed by atoms with Gasteiger partial charge < -0.3 is 5.11 Å². The SMILES string of the molecule is CCc1cc(C(C)(C)C)cc(O)c1C(C)(C)C. The molecule has 0 aliphatic carbocycles. The molecule has 0 aromatic heterocycles. The molecule has 0 heterocycles. The zero-order chi connectivity index (χ0) is 13.4. The molecule has 0 radical (unpaired) electrons. The molecule has 0 spiro atoms. The highest BCUT2D eigenvalue weighted by Crippen LogP contribution is 2.37. The van der Waals surface area contributed by atoms with Gasteiger partial charge in [0, 0.05) is 5.56 Å². The lowest BCUT2D eigenvalue weighted by atomic mass is 9.78. The van der Waals surface area contributed by atoms with Crippen molar-refractivity contribution in [3.8, 4) is 5.75 Å². The van der Waals surface area contributed by atoms with Crippen LogP contribution >= 0.6 is 0 Å². The highest BCUT2D eigenvalue weighted by molar-refractivity contribution is 5.48. The number of phenolic OH excluding ortho intramolecular Hbond substituents is 1. The largest absolute Gasteiger partial charge is 0.508 e. The molecule has 1 rings (SSSR count). The third-order valence-corrected chi connectivity index (χ3v) is 3.20. The number of aromatic hydroxyl groups is 1. The Hall–Kier alpha value is -0.980. The Kier molecular flexibility index (Phi) is 3.61. The molecule has 1 aromatic carbocycles. The molecule has 0 aliphatic heterocycles. The lowest BCUT2D eigenvalue weighted by Gasteiger charge is -2.27. The fraction of sp³-hybridized carbons (Fsp3) is 0.625. The first kappa shape index (κ1) is 14.1. The molecule has 0 fully saturated rings. The van der Waals surface area contributed by atoms with Gasteiger partial charge in [0.05, 0.1) is 0 Å². The van der Waals surface area contributed by atoms with E-state index in [2.05, 4.69) is 54.5 Å². The number of hydrogen-bond acceptors (Lipinski definition) is 1. The molecule has 0 bridgehead atoms. The van der Waals surface area contributed by atoms with Crippen LogP contribution in [-0.2, 0) is 17.3 Å². The van der Waals surface area contributed by atoms with Crippen LogP contribution in [0.1, 0.15) is 65.2 Å². The van der Waals surface area contributed by atoms with Gasteiger partial charge in [-0.1, -0.05) is 54.5 Å². The molecule has 1 N–H and O–H groups in total. The van der Waals surface area contributed by atoms with Crippen LogP contribution in [0.3, 0.4) is 0 Å². The Bertz CT molecular complexity index is 403. The quantitative estimate of drug-likeness (QED) is 0.756. The van der Waals surface area contributed by atoms with E-state index in [-0.39, 0.29) is 10.8 Å². The van der Waals surface area contributed by atoms with E-state index >= 15 is 0 Å². The number of rotatable bonds is 1. The minimum Gasteiger partial charge on any atom is -0.508 e. The van der Waals surface area contributed by atoms with E-state index in [9.17, 15) is 5.11 Å². The van der Waals surface area contributed by atoms with Crippen molar-refractivity contribution < 1.29 is 5.11 Å². The Morgan fingerprint density at radius 3 is 1.82 bits per heavy atom. The van der Waals surface area contributed by atoms with Gasteiger partial charge in [0.2, 0.25) is 0 Å². The van der Waals surface area contributed by atoms with Crippen molar-refractivity contribution in [3.63, 3.8) is 0 Å². The smallest absolute Gasteiger partial charge is 0.119 e. The molecular weight excluding hydrogens is 208 g/mol. The predicted octanol–water partition coefficient (Wildman–Crippen LogP) is 4.55. The van der Waals surface area contributed by atoms with Crippen LogP contribution in [0.4, 0.5) is 0 Å². The average Bonchev–Trinajstić information content (AvgIpc) is 2.12. The summed E-state index contributed by atoms with van der Waals surface area (Å²) < 4.78 is 0. The molecule has 1 heteroatoms. The van der Waals surface area contributed by atoms with Gasteiger partial charge in [0.25, 0.3) is 0 Å². The van der Waals surface area contributed by atoms with E-state index in [0.29, 0.717) is 5.75 Å². The summed E-state index contributed by atoms with van der Waals surface area (Å²) in [5.41, 5.74) is 3.64. The maximum absolute atomic E-state index is 10.3. The second-order valence-electron chi connectivity index (χ2n) is 6.88. The summed E-state index contributed by atoms with van der Waals surface area (Å²) in [6.07, 6.45) is 0.962. The minimum absolute atomic E-state index is 0.00809. The van der Waals surface area contributed by atoms with Gasteiger partial charge in [0.15, 0.2) is 0 Å². The van der Waals surface area contributed by atoms with Crippen LogP contribution in [0.15, 0.2) is 12.1 Å². The van der Waals surface area contributed by atoms with E-state index < -0.39 is 0 Å². The molecule has 0 aliphatic rings. The maximum Gasteiger partial charge on any atom is 0.119 e. The molecule has 1 nitrogen and oxygen atoms in total. The van der Waals surface area contributed by atoms with Crippen molar-refractivity contribution in [2.45, 2.75) is 65.7 Å². The standard InChI is InChI=1S/C16H26O/c1-8-11-9-12(15(2,3)4)10-13(17)14(11)16(5,6)7/h9-10,17H,8H2,1-7H3. The van der Waals surface area contributed by atoms with Crippen molar-refractivity contribution in [1.82, 2.24) is 0 Å². The second kappa shape index (κ2) is 4.36. The monoisotopic (exact) mass is 234 g/mol. The summed E-state index contributed by atoms with van der Waals surface area (Å²) in [5, 5.41) is 10.3. The van der Waals surface area contributed by atoms with E-state index in [1.54, 1.807) is 0 Å². The molecule has 0 saturated carbocycles. The number of aryl methyl sites for hydroxylation is 1. The average molecular weight is 234 g/mol. The number of hydrogen-bond donors (Lipinski definition) is 1. The van der Waals surface area contributed by atoms with Crippen molar-refractivity contribution >= 4 is 0 Å². The fourth-order valence-corrected chi connectivity index (χ4v) is 2.26. The number of phenols is 1. The third kappa shape index (κ3) is 3.02. The van der Waals surface area contributed by atoms with Crippen molar-refractivity contribution in [2.75, 3.05) is 0 Å². The zero-order valence-electron chi connectivity index (χ0n) is 12.3. The van der Waals surface area contributed by atoms with E-state index in [0.717, 1.165) is 12.0 Å². The topological polar surface area (TPSA) is 20.2 Å². The summed E-state index contributed by atoms with van der Waals surface area (Å²) in [5.74, 6) is 0.446. The summed E-state index contributed by atoms with van der Waals surface area (Å²) in [4.78, 5) is 0. The molecular formula is C16H26O. The predicted molar refractivity (Wildman–Crippen MR) is 74.9 cm³/mol. The zero-order valence-corrected chi connectivity index (χ0v) is 12.3. The van der Waals surface area contributed by atoms with Crippen molar-refractivity contribution in [1.29, 1.82) is 0 Å². The van der Waals surface area contributed by atoms with Gasteiger partial charge in [0.1, 0.15) is 5.75 Å². The normalized spacial score (nSPS) is 12.9. The van der Waals surface area contributed by atoms with Gasteiger partial charge in [-0.2, -0.15) is 0 Å². The maximum atomic E-state index is 10.3. The summed E-state index contributed by atoms with van der Waals surface area (Å²) in [6.45, 7) is 15.1. The van der Waals surface area contributed by atoms with Crippen molar-refractivity contribution in [2.24, 2.45) is 0 Å². The highest BCUT2D eigenvalue weighted by Gasteiger charge is 2.24. The van der Waals surface area contributed by atoms with Crippen molar-refractivity contribution in [3.05, 3.63) is 28.8 Å². The minimum atomic E-state index is -0.00809. The Labute approximate surface area is 106 Å². The Morgan fingerprint density at radius 1 is 0.941 bits per heavy atom. The van der Waals surface area contributed by atoms with Crippen LogP contribution in [-0.4, -0.2) is 5.11 Å². The van der Waals surface area contributed by atoms with Gasteiger partial charge in [-0.05, 0) is 34.4 Å². The Balaban J connectivity index is 3.47. The molecule has 0 amide bonds. The Morgan fingerprint density at radius 2 is 1.47 bits per heavy atom. The molecule has 1 aromatic rings. The van der Waals surface area contributed by atoms with E-state index in [1.165, 1.54) is 11.1 Å². The van der Waals surface area contributed by atoms with Gasteiger partial charge in [-0.15, -0.1) is 0 Å². The summed E-state index contributed by atoms with van der Waals surface area (Å²) in [6, 6.07) is 4.18. The molecule has 0 saturated heterocycles. The first-order valence-corrected chi connectivity index (χ1v) is 6.44.